The van der Waals surface area contributed by atoms with Crippen LogP contribution < -0.4 is 10.4 Å². The molecule has 2 aromatic rings. The van der Waals surface area contributed by atoms with Crippen molar-refractivity contribution in [3.63, 3.8) is 0 Å². The minimum Gasteiger partial charge on any atom is -0.497 e. The van der Waals surface area contributed by atoms with Gasteiger partial charge in [0, 0.05) is 18.4 Å². The van der Waals surface area contributed by atoms with Gasteiger partial charge in [-0.05, 0) is 43.4 Å². The minimum absolute atomic E-state index is 0.0643. The van der Waals surface area contributed by atoms with Crippen LogP contribution in [0.2, 0.25) is 0 Å². The summed E-state index contributed by atoms with van der Waals surface area (Å²) in [6.45, 7) is 1.52. The Bertz CT molecular complexity index is 738. The highest BCUT2D eigenvalue weighted by Crippen LogP contribution is 2.49. The minimum atomic E-state index is 0.0643. The average Bonchev–Trinajstić information content (AvgIpc) is 3.28. The van der Waals surface area contributed by atoms with Crippen molar-refractivity contribution in [1.82, 2.24) is 14.3 Å². The van der Waals surface area contributed by atoms with E-state index in [2.05, 4.69) is 17.2 Å². The summed E-state index contributed by atoms with van der Waals surface area (Å²) in [5.41, 5.74) is 1.43. The predicted octanol–water partition coefficient (Wildman–Crippen LogP) is 2.12. The monoisotopic (exact) mass is 299 g/mol. The molecule has 0 spiro atoms. The molecule has 5 nitrogen and oxygen atoms in total. The van der Waals surface area contributed by atoms with E-state index >= 15 is 0 Å². The van der Waals surface area contributed by atoms with E-state index < -0.39 is 0 Å². The maximum Gasteiger partial charge on any atom is 0.345 e. The van der Waals surface area contributed by atoms with Crippen LogP contribution in [0.25, 0.3) is 0 Å². The van der Waals surface area contributed by atoms with Crippen LogP contribution in [0.5, 0.6) is 5.75 Å². The molecule has 1 aliphatic heterocycles. The lowest BCUT2D eigenvalue weighted by Gasteiger charge is -2.15. The zero-order valence-corrected chi connectivity index (χ0v) is 12.9. The molecule has 5 heteroatoms. The summed E-state index contributed by atoms with van der Waals surface area (Å²) >= 11 is 0. The third kappa shape index (κ3) is 2.16. The molecule has 1 fully saturated rings. The molecule has 0 N–H and O–H groups in total. The van der Waals surface area contributed by atoms with E-state index in [9.17, 15) is 4.79 Å². The number of ether oxygens (including phenoxy) is 1. The van der Waals surface area contributed by atoms with Crippen LogP contribution in [0, 0.1) is 0 Å². The molecule has 22 heavy (non-hydrogen) atoms. The lowest BCUT2D eigenvalue weighted by atomic mass is 9.96. The first-order chi connectivity index (χ1) is 10.7. The molecule has 1 aromatic heterocycles. The first kappa shape index (κ1) is 13.6. The van der Waals surface area contributed by atoms with E-state index in [0.717, 1.165) is 50.2 Å². The van der Waals surface area contributed by atoms with Crippen LogP contribution in [0.15, 0.2) is 29.1 Å². The summed E-state index contributed by atoms with van der Waals surface area (Å²) in [4.78, 5) is 12.5. The van der Waals surface area contributed by atoms with Crippen molar-refractivity contribution in [3.05, 3.63) is 46.1 Å². The topological polar surface area (TPSA) is 49.0 Å². The van der Waals surface area contributed by atoms with E-state index in [4.69, 9.17) is 4.74 Å². The van der Waals surface area contributed by atoms with Crippen LogP contribution >= 0.6 is 0 Å². The second-order valence-corrected chi connectivity index (χ2v) is 6.47. The lowest BCUT2D eigenvalue weighted by Crippen LogP contribution is -2.30. The third-order valence-corrected chi connectivity index (χ3v) is 5.04. The molecule has 1 aliphatic carbocycles. The van der Waals surface area contributed by atoms with Gasteiger partial charge in [0.15, 0.2) is 0 Å². The fraction of sp³-hybridized carbons (Fsp3) is 0.529. The normalized spacial score (nSPS) is 18.8. The molecule has 2 aliphatic rings. The zero-order valence-electron chi connectivity index (χ0n) is 12.9. The Kier molecular flexibility index (Phi) is 3.10. The number of benzene rings is 1. The van der Waals surface area contributed by atoms with Crippen LogP contribution in [0.3, 0.4) is 0 Å². The summed E-state index contributed by atoms with van der Waals surface area (Å²) in [6, 6.07) is 8.23. The Balaban J connectivity index is 1.62. The van der Waals surface area contributed by atoms with Crippen molar-refractivity contribution in [2.24, 2.45) is 0 Å². The zero-order chi connectivity index (χ0) is 15.2. The second-order valence-electron chi connectivity index (χ2n) is 6.47. The highest BCUT2D eigenvalue weighted by Gasteiger charge is 2.45. The third-order valence-electron chi connectivity index (χ3n) is 5.04. The quantitative estimate of drug-likeness (QED) is 0.869. The standard InChI is InChI=1S/C17H21N3O2/c1-22-14-7-5-13(6-8-14)17(9-10-17)12-20-16(21)19-11-3-2-4-15(19)18-20/h5-8H,2-4,9-12H2,1H3. The largest absolute Gasteiger partial charge is 0.497 e. The highest BCUT2D eigenvalue weighted by molar-refractivity contribution is 5.35. The number of fused-ring (bicyclic) bond motifs is 1. The fourth-order valence-electron chi connectivity index (χ4n) is 3.47. The van der Waals surface area contributed by atoms with Crippen molar-refractivity contribution in [1.29, 1.82) is 0 Å². The Morgan fingerprint density at radius 1 is 1.23 bits per heavy atom. The maximum absolute atomic E-state index is 12.5. The molecule has 0 amide bonds. The Morgan fingerprint density at radius 3 is 2.64 bits per heavy atom. The number of nitrogens with zero attached hydrogens (tertiary/aromatic N) is 3. The van der Waals surface area contributed by atoms with E-state index in [1.807, 2.05) is 16.7 Å². The first-order valence-corrected chi connectivity index (χ1v) is 8.03. The SMILES string of the molecule is COc1ccc(C2(Cn3nc4n(c3=O)CCCC4)CC2)cc1. The van der Waals surface area contributed by atoms with Gasteiger partial charge < -0.3 is 4.74 Å². The first-order valence-electron chi connectivity index (χ1n) is 8.03. The van der Waals surface area contributed by atoms with E-state index in [1.54, 1.807) is 11.8 Å². The number of hydrogen-bond donors (Lipinski definition) is 0. The number of aromatic nitrogens is 3. The van der Waals surface area contributed by atoms with Gasteiger partial charge in [-0.15, -0.1) is 0 Å². The Morgan fingerprint density at radius 2 is 2.00 bits per heavy atom. The van der Waals surface area contributed by atoms with E-state index in [0.29, 0.717) is 6.54 Å². The number of rotatable bonds is 4. The van der Waals surface area contributed by atoms with Gasteiger partial charge in [0.05, 0.1) is 13.7 Å². The van der Waals surface area contributed by atoms with Crippen LogP contribution in [-0.2, 0) is 24.9 Å². The lowest BCUT2D eigenvalue weighted by molar-refractivity contribution is 0.414. The molecule has 0 atom stereocenters. The maximum atomic E-state index is 12.5. The number of methoxy groups -OCH3 is 1. The molecule has 1 saturated carbocycles. The van der Waals surface area contributed by atoms with Crippen molar-refractivity contribution >= 4 is 0 Å². The Hall–Kier alpha value is -2.04. The van der Waals surface area contributed by atoms with Gasteiger partial charge in [-0.25, -0.2) is 9.48 Å². The molecule has 0 unspecified atom stereocenters. The average molecular weight is 299 g/mol. The summed E-state index contributed by atoms with van der Waals surface area (Å²) < 4.78 is 8.77. The van der Waals surface area contributed by atoms with Crippen molar-refractivity contribution < 1.29 is 4.74 Å². The molecule has 116 valence electrons. The van der Waals surface area contributed by atoms with Gasteiger partial charge >= 0.3 is 5.69 Å². The van der Waals surface area contributed by atoms with Crippen molar-refractivity contribution in [3.8, 4) is 5.75 Å². The van der Waals surface area contributed by atoms with Crippen molar-refractivity contribution in [2.75, 3.05) is 7.11 Å². The summed E-state index contributed by atoms with van der Waals surface area (Å²) in [6.07, 6.45) is 5.39. The number of hydrogen-bond acceptors (Lipinski definition) is 3. The predicted molar refractivity (Wildman–Crippen MR) is 83.3 cm³/mol. The van der Waals surface area contributed by atoms with Gasteiger partial charge in [0.2, 0.25) is 0 Å². The van der Waals surface area contributed by atoms with Crippen LogP contribution in [0.1, 0.15) is 37.1 Å². The molecule has 4 rings (SSSR count). The summed E-state index contributed by atoms with van der Waals surface area (Å²) in [5, 5.41) is 4.58. The molecular weight excluding hydrogens is 278 g/mol. The van der Waals surface area contributed by atoms with Crippen LogP contribution in [-0.4, -0.2) is 21.5 Å². The van der Waals surface area contributed by atoms with E-state index in [-0.39, 0.29) is 11.1 Å². The van der Waals surface area contributed by atoms with Gasteiger partial charge in [0.1, 0.15) is 11.6 Å². The number of aryl methyl sites for hydroxylation is 1. The molecule has 1 aromatic carbocycles. The second kappa shape index (κ2) is 5.00. The van der Waals surface area contributed by atoms with E-state index in [1.165, 1.54) is 5.56 Å². The van der Waals surface area contributed by atoms with Gasteiger partial charge in [-0.2, -0.15) is 5.10 Å². The molecular formula is C17H21N3O2. The molecule has 0 saturated heterocycles. The van der Waals surface area contributed by atoms with Gasteiger partial charge in [-0.3, -0.25) is 4.57 Å². The van der Waals surface area contributed by atoms with Crippen molar-refractivity contribution in [2.45, 2.75) is 50.6 Å². The molecule has 2 heterocycles. The molecule has 0 radical (unpaired) electrons. The smallest absolute Gasteiger partial charge is 0.345 e. The van der Waals surface area contributed by atoms with Gasteiger partial charge in [-0.1, -0.05) is 12.1 Å². The summed E-state index contributed by atoms with van der Waals surface area (Å²) in [5.74, 6) is 1.83. The highest BCUT2D eigenvalue weighted by atomic mass is 16.5. The van der Waals surface area contributed by atoms with Crippen LogP contribution in [0.4, 0.5) is 0 Å². The molecule has 0 bridgehead atoms. The van der Waals surface area contributed by atoms with Gasteiger partial charge in [0.25, 0.3) is 0 Å². The summed E-state index contributed by atoms with van der Waals surface area (Å²) in [7, 11) is 1.68. The Labute approximate surface area is 129 Å². The fourth-order valence-corrected chi connectivity index (χ4v) is 3.47.